The fourth-order valence-corrected chi connectivity index (χ4v) is 4.17. The highest BCUT2D eigenvalue weighted by Crippen LogP contribution is 2.25. The highest BCUT2D eigenvalue weighted by atomic mass is 32.2. The van der Waals surface area contributed by atoms with Crippen LogP contribution < -0.4 is 14.4 Å². The monoisotopic (exact) mass is 346 g/mol. The molecule has 6 heteroatoms. The Kier molecular flexibility index (Phi) is 5.06. The Hall–Kier alpha value is -2.05. The van der Waals surface area contributed by atoms with Gasteiger partial charge >= 0.3 is 0 Å². The van der Waals surface area contributed by atoms with Gasteiger partial charge in [-0.2, -0.15) is 0 Å². The Bertz CT molecular complexity index is 778. The maximum Gasteiger partial charge on any atom is 0.240 e. The third kappa shape index (κ3) is 3.71. The molecular weight excluding hydrogens is 324 g/mol. The van der Waals surface area contributed by atoms with E-state index in [1.165, 1.54) is 13.2 Å². The third-order valence-electron chi connectivity index (χ3n) is 4.33. The molecule has 1 fully saturated rings. The molecule has 0 radical (unpaired) electrons. The molecule has 2 aromatic rings. The van der Waals surface area contributed by atoms with Crippen LogP contribution in [0.15, 0.2) is 59.5 Å². The van der Waals surface area contributed by atoms with E-state index in [1.807, 2.05) is 18.2 Å². The Morgan fingerprint density at radius 1 is 1.17 bits per heavy atom. The summed E-state index contributed by atoms with van der Waals surface area (Å²) in [5.74, 6) is 0.532. The number of para-hydroxylation sites is 1. The smallest absolute Gasteiger partial charge is 0.240 e. The number of hydrogen-bond acceptors (Lipinski definition) is 4. The molecule has 1 aliphatic rings. The number of anilines is 1. The van der Waals surface area contributed by atoms with Crippen molar-refractivity contribution in [2.45, 2.75) is 23.8 Å². The van der Waals surface area contributed by atoms with Gasteiger partial charge < -0.3 is 9.64 Å². The molecule has 0 bridgehead atoms. The number of methoxy groups -OCH3 is 1. The van der Waals surface area contributed by atoms with Gasteiger partial charge in [0.15, 0.2) is 0 Å². The van der Waals surface area contributed by atoms with Gasteiger partial charge in [0.2, 0.25) is 10.0 Å². The van der Waals surface area contributed by atoms with Gasteiger partial charge in [-0.1, -0.05) is 24.3 Å². The number of ether oxygens (including phenoxy) is 1. The van der Waals surface area contributed by atoms with Crippen LogP contribution in [0.2, 0.25) is 0 Å². The van der Waals surface area contributed by atoms with E-state index in [0.29, 0.717) is 12.3 Å². The number of nitrogens with one attached hydrogen (secondary N) is 1. The summed E-state index contributed by atoms with van der Waals surface area (Å²) >= 11 is 0. The van der Waals surface area contributed by atoms with Gasteiger partial charge in [-0.25, -0.2) is 13.1 Å². The fourth-order valence-electron chi connectivity index (χ4n) is 3.06. The van der Waals surface area contributed by atoms with Crippen molar-refractivity contribution < 1.29 is 13.2 Å². The van der Waals surface area contributed by atoms with Gasteiger partial charge in [0.05, 0.1) is 12.0 Å². The largest absolute Gasteiger partial charge is 0.497 e. The molecule has 5 nitrogen and oxygen atoms in total. The lowest BCUT2D eigenvalue weighted by Gasteiger charge is -2.27. The van der Waals surface area contributed by atoms with Crippen LogP contribution in [0.25, 0.3) is 0 Å². The van der Waals surface area contributed by atoms with E-state index < -0.39 is 10.0 Å². The molecule has 24 heavy (non-hydrogen) atoms. The molecule has 1 unspecified atom stereocenters. The predicted octanol–water partition coefficient (Wildman–Crippen LogP) is 2.64. The standard InChI is InChI=1S/C18H22N2O3S/c1-23-17-10-5-11-18(13-17)24(21,22)19-14-16-9-6-12-20(16)15-7-3-2-4-8-15/h2-5,7-8,10-11,13,16,19H,6,9,12,14H2,1H3. The first-order valence-electron chi connectivity index (χ1n) is 8.05. The van der Waals surface area contributed by atoms with Crippen LogP contribution >= 0.6 is 0 Å². The molecule has 1 atom stereocenters. The van der Waals surface area contributed by atoms with Crippen LogP contribution in [-0.2, 0) is 10.0 Å². The van der Waals surface area contributed by atoms with Crippen molar-refractivity contribution in [3.63, 3.8) is 0 Å². The fraction of sp³-hybridized carbons (Fsp3) is 0.333. The van der Waals surface area contributed by atoms with Crippen LogP contribution in [0.1, 0.15) is 12.8 Å². The SMILES string of the molecule is COc1cccc(S(=O)(=O)NCC2CCCN2c2ccccc2)c1. The molecule has 0 aromatic heterocycles. The lowest BCUT2D eigenvalue weighted by molar-refractivity contribution is 0.413. The second kappa shape index (κ2) is 7.23. The molecule has 1 aliphatic heterocycles. The summed E-state index contributed by atoms with van der Waals surface area (Å²) < 4.78 is 32.9. The van der Waals surface area contributed by atoms with E-state index >= 15 is 0 Å². The Labute approximate surface area is 143 Å². The van der Waals surface area contributed by atoms with Gasteiger partial charge in [-0.15, -0.1) is 0 Å². The van der Waals surface area contributed by atoms with Gasteiger partial charge in [0.1, 0.15) is 5.75 Å². The lowest BCUT2D eigenvalue weighted by Crippen LogP contribution is -2.40. The normalized spacial score (nSPS) is 17.9. The highest BCUT2D eigenvalue weighted by molar-refractivity contribution is 7.89. The number of hydrogen-bond donors (Lipinski definition) is 1. The lowest BCUT2D eigenvalue weighted by atomic mass is 10.2. The summed E-state index contributed by atoms with van der Waals surface area (Å²) in [4.78, 5) is 2.50. The summed E-state index contributed by atoms with van der Waals surface area (Å²) in [5.41, 5.74) is 1.14. The van der Waals surface area contributed by atoms with Crippen molar-refractivity contribution >= 4 is 15.7 Å². The molecule has 3 rings (SSSR count). The molecule has 2 aromatic carbocycles. The Morgan fingerprint density at radius 3 is 2.71 bits per heavy atom. The average Bonchev–Trinajstić information content (AvgIpc) is 3.09. The topological polar surface area (TPSA) is 58.6 Å². The first-order valence-corrected chi connectivity index (χ1v) is 9.54. The molecule has 1 saturated heterocycles. The van der Waals surface area contributed by atoms with Crippen LogP contribution in [-0.4, -0.2) is 34.7 Å². The molecule has 0 spiro atoms. The Morgan fingerprint density at radius 2 is 1.96 bits per heavy atom. The number of nitrogens with zero attached hydrogens (tertiary/aromatic N) is 1. The van der Waals surface area contributed by atoms with E-state index in [0.717, 1.165) is 25.1 Å². The first-order chi connectivity index (χ1) is 11.6. The predicted molar refractivity (Wildman–Crippen MR) is 95.0 cm³/mol. The quantitative estimate of drug-likeness (QED) is 0.874. The van der Waals surface area contributed by atoms with Crippen LogP contribution in [0, 0.1) is 0 Å². The maximum atomic E-state index is 12.5. The van der Waals surface area contributed by atoms with Crippen LogP contribution in [0.5, 0.6) is 5.75 Å². The van der Waals surface area contributed by atoms with Crippen molar-refractivity contribution in [3.05, 3.63) is 54.6 Å². The summed E-state index contributed by atoms with van der Waals surface area (Å²) in [6.45, 7) is 1.35. The molecule has 0 aliphatic carbocycles. The summed E-state index contributed by atoms with van der Waals surface area (Å²) in [6.07, 6.45) is 2.05. The van der Waals surface area contributed by atoms with E-state index in [4.69, 9.17) is 4.74 Å². The second-order valence-corrected chi connectivity index (χ2v) is 7.62. The van der Waals surface area contributed by atoms with Crippen molar-refractivity contribution in [2.24, 2.45) is 0 Å². The van der Waals surface area contributed by atoms with E-state index in [-0.39, 0.29) is 10.9 Å². The van der Waals surface area contributed by atoms with Gasteiger partial charge in [-0.05, 0) is 37.1 Å². The zero-order valence-electron chi connectivity index (χ0n) is 13.7. The van der Waals surface area contributed by atoms with E-state index in [9.17, 15) is 8.42 Å². The zero-order valence-corrected chi connectivity index (χ0v) is 14.5. The van der Waals surface area contributed by atoms with Crippen molar-refractivity contribution in [2.75, 3.05) is 25.1 Å². The third-order valence-corrected chi connectivity index (χ3v) is 5.75. The molecule has 128 valence electrons. The molecular formula is C18H22N2O3S. The minimum absolute atomic E-state index is 0.174. The Balaban J connectivity index is 1.70. The molecule has 1 heterocycles. The summed E-state index contributed by atoms with van der Waals surface area (Å²) in [6, 6.07) is 16.8. The molecule has 0 saturated carbocycles. The molecule has 0 amide bonds. The van der Waals surface area contributed by atoms with Gasteiger partial charge in [-0.3, -0.25) is 0 Å². The first kappa shape index (κ1) is 16.8. The number of sulfonamides is 1. The second-order valence-electron chi connectivity index (χ2n) is 5.86. The van der Waals surface area contributed by atoms with E-state index in [1.54, 1.807) is 18.2 Å². The van der Waals surface area contributed by atoms with E-state index in [2.05, 4.69) is 21.8 Å². The van der Waals surface area contributed by atoms with Crippen LogP contribution in [0.4, 0.5) is 5.69 Å². The summed E-state index contributed by atoms with van der Waals surface area (Å²) in [5, 5.41) is 0. The highest BCUT2D eigenvalue weighted by Gasteiger charge is 2.26. The maximum absolute atomic E-state index is 12.5. The van der Waals surface area contributed by atoms with Crippen LogP contribution in [0.3, 0.4) is 0 Å². The molecule has 1 N–H and O–H groups in total. The van der Waals surface area contributed by atoms with Gasteiger partial charge in [0.25, 0.3) is 0 Å². The minimum Gasteiger partial charge on any atom is -0.497 e. The zero-order chi connectivity index (χ0) is 17.0. The van der Waals surface area contributed by atoms with Crippen molar-refractivity contribution in [1.29, 1.82) is 0 Å². The number of benzene rings is 2. The minimum atomic E-state index is -3.54. The number of rotatable bonds is 6. The summed E-state index contributed by atoms with van der Waals surface area (Å²) in [7, 11) is -2.02. The van der Waals surface area contributed by atoms with Gasteiger partial charge in [0, 0.05) is 30.9 Å². The average molecular weight is 346 g/mol. The van der Waals surface area contributed by atoms with Crippen molar-refractivity contribution in [3.8, 4) is 5.75 Å². The van der Waals surface area contributed by atoms with Crippen molar-refractivity contribution in [1.82, 2.24) is 4.72 Å².